The summed E-state index contributed by atoms with van der Waals surface area (Å²) in [5.74, 6) is 0.773. The highest BCUT2D eigenvalue weighted by Gasteiger charge is 2.05. The van der Waals surface area contributed by atoms with Gasteiger partial charge in [-0.05, 0) is 12.2 Å². The molecule has 0 saturated heterocycles. The molecule has 1 aromatic rings. The fraction of sp³-hybridized carbons (Fsp3) is 0.143. The first-order valence-corrected chi connectivity index (χ1v) is 3.30. The molecule has 0 aliphatic carbocycles. The Hall–Kier alpha value is -1.58. The van der Waals surface area contributed by atoms with Crippen molar-refractivity contribution < 1.29 is 4.74 Å². The highest BCUT2D eigenvalue weighted by molar-refractivity contribution is 5.62. The quantitative estimate of drug-likeness (QED) is 0.640. The van der Waals surface area contributed by atoms with Gasteiger partial charge in [-0.15, -0.1) is 0 Å². The zero-order valence-electron chi connectivity index (χ0n) is 5.82. The molecule has 1 N–H and O–H groups in total. The number of nitrogens with zero attached hydrogens (tertiary/aromatic N) is 2. The fourth-order valence-corrected chi connectivity index (χ4v) is 0.904. The number of ether oxygens (including phenoxy) is 1. The summed E-state index contributed by atoms with van der Waals surface area (Å²) in [6.07, 6.45) is 6.92. The van der Waals surface area contributed by atoms with Gasteiger partial charge in [-0.3, -0.25) is 5.10 Å². The number of rotatable bonds is 1. The van der Waals surface area contributed by atoms with Crippen LogP contribution in [0.3, 0.4) is 0 Å². The summed E-state index contributed by atoms with van der Waals surface area (Å²) in [6.45, 7) is 0.561. The van der Waals surface area contributed by atoms with Crippen molar-refractivity contribution in [3.63, 3.8) is 0 Å². The van der Waals surface area contributed by atoms with Crippen LogP contribution in [0.4, 0.5) is 0 Å². The number of aromatic nitrogens is 3. The van der Waals surface area contributed by atoms with Gasteiger partial charge in [0.05, 0.1) is 6.26 Å². The molecule has 1 aliphatic rings. The second-order valence-electron chi connectivity index (χ2n) is 2.17. The van der Waals surface area contributed by atoms with E-state index in [0.717, 1.165) is 11.4 Å². The maximum absolute atomic E-state index is 5.07. The van der Waals surface area contributed by atoms with Gasteiger partial charge < -0.3 is 4.74 Å². The van der Waals surface area contributed by atoms with Gasteiger partial charge in [0.15, 0.2) is 5.82 Å². The fourth-order valence-electron chi connectivity index (χ4n) is 0.904. The van der Waals surface area contributed by atoms with Gasteiger partial charge in [0.2, 0.25) is 0 Å². The Labute approximate surface area is 63.6 Å². The average molecular weight is 149 g/mol. The second-order valence-corrected chi connectivity index (χ2v) is 2.17. The van der Waals surface area contributed by atoms with Crippen molar-refractivity contribution >= 4 is 5.57 Å². The zero-order valence-corrected chi connectivity index (χ0v) is 5.82. The molecule has 0 amide bonds. The van der Waals surface area contributed by atoms with E-state index >= 15 is 0 Å². The normalized spacial score (nSPS) is 15.8. The van der Waals surface area contributed by atoms with Crippen molar-refractivity contribution in [1.82, 2.24) is 15.2 Å². The van der Waals surface area contributed by atoms with Crippen molar-refractivity contribution in [3.05, 3.63) is 30.6 Å². The molecule has 0 bridgehead atoms. The van der Waals surface area contributed by atoms with E-state index in [1.165, 1.54) is 6.33 Å². The lowest BCUT2D eigenvalue weighted by Crippen LogP contribution is -1.98. The molecule has 2 rings (SSSR count). The average Bonchev–Trinajstić information content (AvgIpc) is 2.58. The minimum Gasteiger partial charge on any atom is -0.496 e. The number of allylic oxidation sites excluding steroid dienone is 2. The Balaban J connectivity index is 2.29. The summed E-state index contributed by atoms with van der Waals surface area (Å²) in [5, 5.41) is 6.50. The third kappa shape index (κ3) is 1.14. The maximum atomic E-state index is 5.07. The summed E-state index contributed by atoms with van der Waals surface area (Å²) < 4.78 is 5.07. The summed E-state index contributed by atoms with van der Waals surface area (Å²) >= 11 is 0. The first-order chi connectivity index (χ1) is 5.47. The molecular weight excluding hydrogens is 142 g/mol. The van der Waals surface area contributed by atoms with Crippen molar-refractivity contribution in [3.8, 4) is 0 Å². The van der Waals surface area contributed by atoms with Gasteiger partial charge in [0.1, 0.15) is 12.9 Å². The standard InChI is InChI=1S/C7H7N3O/c1-2-6(4-11-3-1)7-8-5-9-10-7/h1-3,5H,4H2,(H,8,9,10). The van der Waals surface area contributed by atoms with Gasteiger partial charge in [0, 0.05) is 5.57 Å². The van der Waals surface area contributed by atoms with E-state index in [2.05, 4.69) is 15.2 Å². The van der Waals surface area contributed by atoms with Gasteiger partial charge in [0.25, 0.3) is 0 Å². The molecule has 11 heavy (non-hydrogen) atoms. The number of hydrogen-bond donors (Lipinski definition) is 1. The highest BCUT2D eigenvalue weighted by atomic mass is 16.5. The highest BCUT2D eigenvalue weighted by Crippen LogP contribution is 2.11. The second kappa shape index (κ2) is 2.57. The van der Waals surface area contributed by atoms with E-state index in [9.17, 15) is 0 Å². The Kier molecular flexibility index (Phi) is 1.44. The summed E-state index contributed by atoms with van der Waals surface area (Å²) in [4.78, 5) is 3.99. The molecule has 0 radical (unpaired) electrons. The molecule has 0 aromatic carbocycles. The molecular formula is C7H7N3O. The van der Waals surface area contributed by atoms with E-state index in [1.54, 1.807) is 6.26 Å². The number of hydrogen-bond acceptors (Lipinski definition) is 3. The van der Waals surface area contributed by atoms with Crippen LogP contribution < -0.4 is 0 Å². The van der Waals surface area contributed by atoms with Crippen LogP contribution in [0.25, 0.3) is 5.57 Å². The number of nitrogens with one attached hydrogen (secondary N) is 1. The largest absolute Gasteiger partial charge is 0.496 e. The minimum absolute atomic E-state index is 0.561. The van der Waals surface area contributed by atoms with Crippen LogP contribution in [0.1, 0.15) is 5.82 Å². The summed E-state index contributed by atoms with van der Waals surface area (Å²) in [6, 6.07) is 0. The summed E-state index contributed by atoms with van der Waals surface area (Å²) in [7, 11) is 0. The lowest BCUT2D eigenvalue weighted by atomic mass is 10.2. The predicted molar refractivity (Wildman–Crippen MR) is 39.5 cm³/mol. The molecule has 0 fully saturated rings. The van der Waals surface area contributed by atoms with Crippen LogP contribution in [0.2, 0.25) is 0 Å². The molecule has 2 heterocycles. The SMILES string of the molecule is C1=COCC(c2ncn[nH]2)=C1. The third-order valence-corrected chi connectivity index (χ3v) is 1.43. The van der Waals surface area contributed by atoms with Gasteiger partial charge >= 0.3 is 0 Å². The van der Waals surface area contributed by atoms with Gasteiger partial charge in [-0.2, -0.15) is 5.10 Å². The maximum Gasteiger partial charge on any atom is 0.154 e. The molecule has 1 aromatic heterocycles. The van der Waals surface area contributed by atoms with Gasteiger partial charge in [-0.25, -0.2) is 4.98 Å². The van der Waals surface area contributed by atoms with Crippen LogP contribution in [0.5, 0.6) is 0 Å². The minimum atomic E-state index is 0.561. The smallest absolute Gasteiger partial charge is 0.154 e. The first kappa shape index (κ1) is 6.15. The third-order valence-electron chi connectivity index (χ3n) is 1.43. The van der Waals surface area contributed by atoms with E-state index < -0.39 is 0 Å². The lowest BCUT2D eigenvalue weighted by molar-refractivity contribution is 0.292. The lowest BCUT2D eigenvalue weighted by Gasteiger charge is -2.05. The first-order valence-electron chi connectivity index (χ1n) is 3.30. The van der Waals surface area contributed by atoms with Crippen molar-refractivity contribution in [2.75, 3.05) is 6.61 Å². The Bertz CT molecular complexity index is 287. The molecule has 56 valence electrons. The molecule has 0 spiro atoms. The van der Waals surface area contributed by atoms with Crippen LogP contribution in [-0.2, 0) is 4.74 Å². The number of aromatic amines is 1. The molecule has 1 aliphatic heterocycles. The van der Waals surface area contributed by atoms with Crippen molar-refractivity contribution in [1.29, 1.82) is 0 Å². The van der Waals surface area contributed by atoms with Crippen LogP contribution >= 0.6 is 0 Å². The van der Waals surface area contributed by atoms with Crippen LogP contribution in [0.15, 0.2) is 24.7 Å². The van der Waals surface area contributed by atoms with E-state index in [1.807, 2.05) is 12.2 Å². The molecule has 4 heteroatoms. The van der Waals surface area contributed by atoms with E-state index in [-0.39, 0.29) is 0 Å². The summed E-state index contributed by atoms with van der Waals surface area (Å²) in [5.41, 5.74) is 1.02. The Morgan fingerprint density at radius 1 is 1.55 bits per heavy atom. The van der Waals surface area contributed by atoms with Crippen molar-refractivity contribution in [2.24, 2.45) is 0 Å². The topological polar surface area (TPSA) is 50.8 Å². The monoisotopic (exact) mass is 149 g/mol. The van der Waals surface area contributed by atoms with E-state index in [4.69, 9.17) is 4.74 Å². The van der Waals surface area contributed by atoms with E-state index in [0.29, 0.717) is 6.61 Å². The van der Waals surface area contributed by atoms with Crippen molar-refractivity contribution in [2.45, 2.75) is 0 Å². The van der Waals surface area contributed by atoms with Gasteiger partial charge in [-0.1, -0.05) is 0 Å². The predicted octanol–water partition coefficient (Wildman–Crippen LogP) is 0.732. The van der Waals surface area contributed by atoms with Crippen LogP contribution in [-0.4, -0.2) is 21.8 Å². The molecule has 0 atom stereocenters. The number of H-pyrrole nitrogens is 1. The van der Waals surface area contributed by atoms with Crippen LogP contribution in [0, 0.1) is 0 Å². The zero-order chi connectivity index (χ0) is 7.52. The molecule has 4 nitrogen and oxygen atoms in total. The Morgan fingerprint density at radius 2 is 2.55 bits per heavy atom. The Morgan fingerprint density at radius 3 is 3.18 bits per heavy atom. The molecule has 0 saturated carbocycles. The molecule has 0 unspecified atom stereocenters.